The third-order valence-corrected chi connectivity index (χ3v) is 3.33. The Morgan fingerprint density at radius 3 is 2.41 bits per heavy atom. The number of halogens is 2. The molecule has 88 valence electrons. The predicted octanol–water partition coefficient (Wildman–Crippen LogP) is 5.34. The van der Waals surface area contributed by atoms with E-state index in [1.54, 1.807) is 0 Å². The van der Waals surface area contributed by atoms with Crippen molar-refractivity contribution in [2.24, 2.45) is 0 Å². The van der Waals surface area contributed by atoms with Crippen molar-refractivity contribution in [1.82, 2.24) is 0 Å². The van der Waals surface area contributed by atoms with Gasteiger partial charge in [-0.25, -0.2) is 0 Å². The lowest BCUT2D eigenvalue weighted by Crippen LogP contribution is -1.89. The fourth-order valence-corrected chi connectivity index (χ4v) is 2.01. The Balaban J connectivity index is 2.21. The van der Waals surface area contributed by atoms with E-state index in [1.807, 2.05) is 43.3 Å². The van der Waals surface area contributed by atoms with Crippen LogP contribution in [0, 0.1) is 6.92 Å². The van der Waals surface area contributed by atoms with E-state index in [1.165, 1.54) is 5.56 Å². The van der Waals surface area contributed by atoms with Crippen LogP contribution in [0.4, 0.5) is 0 Å². The van der Waals surface area contributed by atoms with Crippen LogP contribution < -0.4 is 4.74 Å². The highest BCUT2D eigenvalue weighted by atomic mass is 79.9. The van der Waals surface area contributed by atoms with Gasteiger partial charge in [-0.15, -0.1) is 0 Å². The molecule has 0 amide bonds. The van der Waals surface area contributed by atoms with Gasteiger partial charge in [-0.05, 0) is 48.4 Å². The molecule has 1 nitrogen and oxygen atoms in total. The van der Waals surface area contributed by atoms with Crippen molar-refractivity contribution in [3.05, 3.63) is 58.6 Å². The van der Waals surface area contributed by atoms with Crippen LogP contribution in [0.2, 0.25) is 5.02 Å². The number of benzene rings is 2. The zero-order chi connectivity index (χ0) is 12.3. The fraction of sp³-hybridized carbons (Fsp3) is 0.143. The van der Waals surface area contributed by atoms with Gasteiger partial charge in [0, 0.05) is 10.4 Å². The van der Waals surface area contributed by atoms with Gasteiger partial charge in [0.05, 0.1) is 0 Å². The zero-order valence-corrected chi connectivity index (χ0v) is 11.8. The molecule has 0 saturated carbocycles. The smallest absolute Gasteiger partial charge is 0.130 e. The largest absolute Gasteiger partial charge is 0.457 e. The summed E-state index contributed by atoms with van der Waals surface area (Å²) in [6, 6.07) is 13.5. The Labute approximate surface area is 115 Å². The molecule has 0 atom stereocenters. The molecule has 2 rings (SSSR count). The molecule has 0 aliphatic rings. The molecule has 0 aromatic heterocycles. The first kappa shape index (κ1) is 12.5. The van der Waals surface area contributed by atoms with E-state index in [0.717, 1.165) is 22.4 Å². The molecule has 0 saturated heterocycles. The Morgan fingerprint density at radius 1 is 1.12 bits per heavy atom. The summed E-state index contributed by atoms with van der Waals surface area (Å²) in [7, 11) is 0. The number of hydrogen-bond donors (Lipinski definition) is 0. The average Bonchev–Trinajstić information content (AvgIpc) is 2.34. The summed E-state index contributed by atoms with van der Waals surface area (Å²) in [6.07, 6.45) is 0. The maximum absolute atomic E-state index is 5.82. The lowest BCUT2D eigenvalue weighted by Gasteiger charge is -2.09. The number of aryl methyl sites for hydroxylation is 1. The first-order chi connectivity index (χ1) is 8.19. The SMILES string of the molecule is Cc1cc(CBr)ccc1Oc1ccc(Cl)cc1. The van der Waals surface area contributed by atoms with Crippen molar-refractivity contribution in [3.63, 3.8) is 0 Å². The molecule has 2 aromatic rings. The van der Waals surface area contributed by atoms with E-state index in [0.29, 0.717) is 5.02 Å². The van der Waals surface area contributed by atoms with Gasteiger partial charge in [0.25, 0.3) is 0 Å². The number of rotatable bonds is 3. The predicted molar refractivity (Wildman–Crippen MR) is 75.3 cm³/mol. The minimum absolute atomic E-state index is 0.712. The molecule has 17 heavy (non-hydrogen) atoms. The van der Waals surface area contributed by atoms with Gasteiger partial charge in [0.15, 0.2) is 0 Å². The lowest BCUT2D eigenvalue weighted by molar-refractivity contribution is 0.479. The maximum atomic E-state index is 5.82. The van der Waals surface area contributed by atoms with Gasteiger partial charge in [-0.3, -0.25) is 0 Å². The van der Waals surface area contributed by atoms with Crippen molar-refractivity contribution in [3.8, 4) is 11.5 Å². The third-order valence-electron chi connectivity index (χ3n) is 2.44. The second-order valence-corrected chi connectivity index (χ2v) is 4.79. The summed E-state index contributed by atoms with van der Waals surface area (Å²) >= 11 is 9.26. The van der Waals surface area contributed by atoms with Crippen LogP contribution in [0.5, 0.6) is 11.5 Å². The topological polar surface area (TPSA) is 9.23 Å². The number of alkyl halides is 1. The van der Waals surface area contributed by atoms with Gasteiger partial charge in [-0.2, -0.15) is 0 Å². The van der Waals surface area contributed by atoms with Crippen molar-refractivity contribution in [2.45, 2.75) is 12.3 Å². The van der Waals surface area contributed by atoms with E-state index in [4.69, 9.17) is 16.3 Å². The van der Waals surface area contributed by atoms with Crippen LogP contribution in [0.15, 0.2) is 42.5 Å². The molecular formula is C14H12BrClO. The molecule has 2 aromatic carbocycles. The number of hydrogen-bond acceptors (Lipinski definition) is 1. The first-order valence-corrected chi connectivity index (χ1v) is 6.78. The van der Waals surface area contributed by atoms with Gasteiger partial charge >= 0.3 is 0 Å². The quantitative estimate of drug-likeness (QED) is 0.696. The van der Waals surface area contributed by atoms with Gasteiger partial charge in [0.2, 0.25) is 0 Å². The van der Waals surface area contributed by atoms with Crippen LogP contribution in [0.3, 0.4) is 0 Å². The minimum Gasteiger partial charge on any atom is -0.457 e. The monoisotopic (exact) mass is 310 g/mol. The summed E-state index contributed by atoms with van der Waals surface area (Å²) in [5.41, 5.74) is 2.36. The van der Waals surface area contributed by atoms with E-state index in [9.17, 15) is 0 Å². The standard InChI is InChI=1S/C14H12BrClO/c1-10-8-11(9-15)2-7-14(10)17-13-5-3-12(16)4-6-13/h2-8H,9H2,1H3. The molecular weight excluding hydrogens is 300 g/mol. The van der Waals surface area contributed by atoms with Crippen LogP contribution in [0.1, 0.15) is 11.1 Å². The summed E-state index contributed by atoms with van der Waals surface area (Å²) in [4.78, 5) is 0. The maximum Gasteiger partial charge on any atom is 0.130 e. The summed E-state index contributed by atoms with van der Waals surface area (Å²) in [6.45, 7) is 2.04. The Hall–Kier alpha value is -0.990. The summed E-state index contributed by atoms with van der Waals surface area (Å²) in [5.74, 6) is 1.67. The highest BCUT2D eigenvalue weighted by molar-refractivity contribution is 9.08. The molecule has 0 N–H and O–H groups in total. The number of ether oxygens (including phenoxy) is 1. The molecule has 0 aliphatic carbocycles. The van der Waals surface area contributed by atoms with Gasteiger partial charge in [0.1, 0.15) is 11.5 Å². The highest BCUT2D eigenvalue weighted by Gasteiger charge is 2.02. The van der Waals surface area contributed by atoms with Crippen molar-refractivity contribution < 1.29 is 4.74 Å². The molecule has 0 bridgehead atoms. The Bertz CT molecular complexity index is 508. The summed E-state index contributed by atoms with van der Waals surface area (Å²) in [5, 5.41) is 1.57. The van der Waals surface area contributed by atoms with E-state index in [2.05, 4.69) is 22.0 Å². The summed E-state index contributed by atoms with van der Waals surface area (Å²) < 4.78 is 5.79. The van der Waals surface area contributed by atoms with Crippen LogP contribution in [-0.4, -0.2) is 0 Å². The minimum atomic E-state index is 0.712. The Morgan fingerprint density at radius 2 is 1.82 bits per heavy atom. The van der Waals surface area contributed by atoms with E-state index >= 15 is 0 Å². The second kappa shape index (κ2) is 5.56. The molecule has 0 fully saturated rings. The average molecular weight is 312 g/mol. The first-order valence-electron chi connectivity index (χ1n) is 5.28. The van der Waals surface area contributed by atoms with E-state index in [-0.39, 0.29) is 0 Å². The Kier molecular flexibility index (Phi) is 4.08. The molecule has 0 unspecified atom stereocenters. The zero-order valence-electron chi connectivity index (χ0n) is 9.41. The third kappa shape index (κ3) is 3.24. The van der Waals surface area contributed by atoms with Crippen LogP contribution in [-0.2, 0) is 5.33 Å². The van der Waals surface area contributed by atoms with Crippen LogP contribution in [0.25, 0.3) is 0 Å². The van der Waals surface area contributed by atoms with E-state index < -0.39 is 0 Å². The molecule has 0 spiro atoms. The molecule has 3 heteroatoms. The molecule has 0 aliphatic heterocycles. The lowest BCUT2D eigenvalue weighted by atomic mass is 10.1. The molecule has 0 heterocycles. The van der Waals surface area contributed by atoms with Crippen molar-refractivity contribution >= 4 is 27.5 Å². The van der Waals surface area contributed by atoms with Gasteiger partial charge in [-0.1, -0.05) is 39.7 Å². The highest BCUT2D eigenvalue weighted by Crippen LogP contribution is 2.27. The normalized spacial score (nSPS) is 10.3. The molecule has 0 radical (unpaired) electrons. The fourth-order valence-electron chi connectivity index (χ4n) is 1.54. The van der Waals surface area contributed by atoms with Crippen molar-refractivity contribution in [2.75, 3.05) is 0 Å². The second-order valence-electron chi connectivity index (χ2n) is 3.79. The van der Waals surface area contributed by atoms with Gasteiger partial charge < -0.3 is 4.74 Å². The van der Waals surface area contributed by atoms with Crippen LogP contribution >= 0.6 is 27.5 Å². The van der Waals surface area contributed by atoms with Crippen molar-refractivity contribution in [1.29, 1.82) is 0 Å².